The van der Waals surface area contributed by atoms with Crippen molar-refractivity contribution in [3.63, 3.8) is 0 Å². The second-order valence-corrected chi connectivity index (χ2v) is 7.86. The van der Waals surface area contributed by atoms with Crippen molar-refractivity contribution in [2.24, 2.45) is 5.41 Å². The van der Waals surface area contributed by atoms with Crippen LogP contribution in [-0.2, 0) is 0 Å². The van der Waals surface area contributed by atoms with E-state index in [1.807, 2.05) is 22.7 Å². The molecule has 1 saturated carbocycles. The van der Waals surface area contributed by atoms with E-state index in [-0.39, 0.29) is 0 Å². The van der Waals surface area contributed by atoms with E-state index in [4.69, 9.17) is 0 Å². The largest absolute Gasteiger partial charge is 0.304 e. The summed E-state index contributed by atoms with van der Waals surface area (Å²) in [5.41, 5.74) is 0.548. The maximum atomic E-state index is 3.88. The van der Waals surface area contributed by atoms with Gasteiger partial charge in [-0.15, -0.1) is 22.7 Å². The Hall–Kier alpha value is -0.640. The third-order valence-electron chi connectivity index (χ3n) is 4.75. The van der Waals surface area contributed by atoms with E-state index in [1.54, 1.807) is 0 Å². The van der Waals surface area contributed by atoms with Crippen molar-refractivity contribution in [3.05, 3.63) is 44.8 Å². The Bertz CT molecular complexity index is 461. The monoisotopic (exact) mass is 305 g/mol. The molecule has 0 aromatic carbocycles. The van der Waals surface area contributed by atoms with Gasteiger partial charge in [-0.1, -0.05) is 31.9 Å². The van der Waals surface area contributed by atoms with Crippen LogP contribution in [0.15, 0.2) is 35.0 Å². The highest BCUT2D eigenvalue weighted by molar-refractivity contribution is 7.11. The molecular formula is C17H23NS2. The van der Waals surface area contributed by atoms with Crippen LogP contribution in [0, 0.1) is 5.41 Å². The fraction of sp³-hybridized carbons (Fsp3) is 0.529. The lowest BCUT2D eigenvalue weighted by Crippen LogP contribution is -2.34. The lowest BCUT2D eigenvalue weighted by atomic mass is 9.83. The molecule has 0 unspecified atom stereocenters. The highest BCUT2D eigenvalue weighted by Crippen LogP contribution is 2.41. The zero-order valence-electron chi connectivity index (χ0n) is 12.1. The Kier molecular flexibility index (Phi) is 4.59. The molecule has 1 nitrogen and oxygen atoms in total. The molecule has 108 valence electrons. The third-order valence-corrected chi connectivity index (χ3v) is 6.63. The van der Waals surface area contributed by atoms with Crippen LogP contribution in [0.25, 0.3) is 0 Å². The molecule has 20 heavy (non-hydrogen) atoms. The average Bonchev–Trinajstić information content (AvgIpc) is 3.23. The Morgan fingerprint density at radius 1 is 1.10 bits per heavy atom. The molecule has 0 spiro atoms. The van der Waals surface area contributed by atoms with Gasteiger partial charge in [-0.05, 0) is 47.6 Å². The minimum atomic E-state index is 0.388. The zero-order valence-corrected chi connectivity index (χ0v) is 13.7. The summed E-state index contributed by atoms with van der Waals surface area (Å²) in [6, 6.07) is 9.23. The normalized spacial score (nSPS) is 17.9. The van der Waals surface area contributed by atoms with Crippen LogP contribution < -0.4 is 5.32 Å². The van der Waals surface area contributed by atoms with Crippen molar-refractivity contribution in [2.45, 2.75) is 45.1 Å². The minimum Gasteiger partial charge on any atom is -0.304 e. The molecule has 1 aliphatic carbocycles. The first-order valence-electron chi connectivity index (χ1n) is 7.63. The predicted octanol–water partition coefficient (Wildman–Crippen LogP) is 5.46. The summed E-state index contributed by atoms with van der Waals surface area (Å²) in [4.78, 5) is 2.88. The number of nitrogens with one attached hydrogen (secondary N) is 1. The van der Waals surface area contributed by atoms with Crippen LogP contribution in [0.2, 0.25) is 0 Å². The van der Waals surface area contributed by atoms with Crippen LogP contribution in [0.1, 0.15) is 54.8 Å². The molecule has 0 aliphatic heterocycles. The van der Waals surface area contributed by atoms with Gasteiger partial charge in [0.25, 0.3) is 0 Å². The third kappa shape index (κ3) is 3.00. The molecule has 2 aromatic heterocycles. The second-order valence-electron chi connectivity index (χ2n) is 5.91. The van der Waals surface area contributed by atoms with E-state index < -0.39 is 0 Å². The van der Waals surface area contributed by atoms with Crippen molar-refractivity contribution >= 4 is 22.7 Å². The summed E-state index contributed by atoms with van der Waals surface area (Å²) in [6.07, 6.45) is 6.94. The van der Waals surface area contributed by atoms with Crippen molar-refractivity contribution in [3.8, 4) is 0 Å². The molecule has 0 amide bonds. The van der Waals surface area contributed by atoms with Gasteiger partial charge in [0.1, 0.15) is 0 Å². The maximum absolute atomic E-state index is 3.88. The van der Waals surface area contributed by atoms with Crippen LogP contribution >= 0.6 is 22.7 Å². The fourth-order valence-corrected chi connectivity index (χ4v) is 5.06. The highest BCUT2D eigenvalue weighted by atomic mass is 32.1. The molecule has 2 heterocycles. The highest BCUT2D eigenvalue weighted by Gasteiger charge is 2.32. The standard InChI is InChI=1S/C17H23NS2/c1-2-17(9-3-4-10-17)13-18-16(14-7-5-11-19-14)15-8-6-12-20-15/h5-8,11-12,16,18H,2-4,9-10,13H2,1H3. The molecule has 0 saturated heterocycles. The molecule has 3 rings (SSSR count). The smallest absolute Gasteiger partial charge is 0.0765 e. The van der Waals surface area contributed by atoms with Gasteiger partial charge in [-0.25, -0.2) is 0 Å². The summed E-state index contributed by atoms with van der Waals surface area (Å²) in [6.45, 7) is 3.52. The van der Waals surface area contributed by atoms with Gasteiger partial charge < -0.3 is 5.32 Å². The maximum Gasteiger partial charge on any atom is 0.0765 e. The number of thiophene rings is 2. The summed E-state index contributed by atoms with van der Waals surface area (Å²) >= 11 is 3.72. The Morgan fingerprint density at radius 2 is 1.70 bits per heavy atom. The Balaban J connectivity index is 1.74. The topological polar surface area (TPSA) is 12.0 Å². The molecule has 2 aromatic rings. The summed E-state index contributed by atoms with van der Waals surface area (Å²) in [7, 11) is 0. The van der Waals surface area contributed by atoms with Gasteiger partial charge in [-0.3, -0.25) is 0 Å². The van der Waals surface area contributed by atoms with Crippen LogP contribution in [0.5, 0.6) is 0 Å². The zero-order chi connectivity index (χ0) is 13.8. The first kappa shape index (κ1) is 14.3. The Morgan fingerprint density at radius 3 is 2.15 bits per heavy atom. The fourth-order valence-electron chi connectivity index (χ4n) is 3.35. The SMILES string of the molecule is CCC1(CNC(c2cccs2)c2cccs2)CCCC1. The van der Waals surface area contributed by atoms with Gasteiger partial charge in [0.05, 0.1) is 6.04 Å². The lowest BCUT2D eigenvalue weighted by Gasteiger charge is -2.30. The van der Waals surface area contributed by atoms with Gasteiger partial charge in [0, 0.05) is 16.3 Å². The molecule has 0 atom stereocenters. The lowest BCUT2D eigenvalue weighted by molar-refractivity contribution is 0.262. The second kappa shape index (κ2) is 6.42. The van der Waals surface area contributed by atoms with Gasteiger partial charge in [-0.2, -0.15) is 0 Å². The van der Waals surface area contributed by atoms with Crippen LogP contribution in [-0.4, -0.2) is 6.54 Å². The van der Waals surface area contributed by atoms with Crippen molar-refractivity contribution in [1.82, 2.24) is 5.32 Å². The summed E-state index contributed by atoms with van der Waals surface area (Å²) in [5, 5.41) is 8.25. The molecule has 1 aliphatic rings. The quantitative estimate of drug-likeness (QED) is 0.747. The minimum absolute atomic E-state index is 0.388. The predicted molar refractivity (Wildman–Crippen MR) is 89.7 cm³/mol. The van der Waals surface area contributed by atoms with Gasteiger partial charge in [0.15, 0.2) is 0 Å². The molecule has 1 N–H and O–H groups in total. The van der Waals surface area contributed by atoms with Gasteiger partial charge >= 0.3 is 0 Å². The van der Waals surface area contributed by atoms with Crippen molar-refractivity contribution in [2.75, 3.05) is 6.54 Å². The average molecular weight is 306 g/mol. The molecule has 0 radical (unpaired) electrons. The van der Waals surface area contributed by atoms with Gasteiger partial charge in [0.2, 0.25) is 0 Å². The number of rotatable bonds is 6. The Labute approximate surface area is 130 Å². The van der Waals surface area contributed by atoms with E-state index in [1.165, 1.54) is 41.9 Å². The van der Waals surface area contributed by atoms with Crippen molar-refractivity contribution < 1.29 is 0 Å². The molecule has 3 heteroatoms. The van der Waals surface area contributed by atoms with Crippen molar-refractivity contribution in [1.29, 1.82) is 0 Å². The number of hydrogen-bond donors (Lipinski definition) is 1. The first-order chi connectivity index (χ1) is 9.83. The molecule has 0 bridgehead atoms. The summed E-state index contributed by atoms with van der Waals surface area (Å²) in [5.74, 6) is 0. The van der Waals surface area contributed by atoms with E-state index >= 15 is 0 Å². The van der Waals surface area contributed by atoms with E-state index in [9.17, 15) is 0 Å². The van der Waals surface area contributed by atoms with Crippen LogP contribution in [0.4, 0.5) is 0 Å². The first-order valence-corrected chi connectivity index (χ1v) is 9.39. The van der Waals surface area contributed by atoms with E-state index in [0.29, 0.717) is 11.5 Å². The molecule has 1 fully saturated rings. The van der Waals surface area contributed by atoms with E-state index in [2.05, 4.69) is 47.3 Å². The number of hydrogen-bond acceptors (Lipinski definition) is 3. The van der Waals surface area contributed by atoms with E-state index in [0.717, 1.165) is 6.54 Å². The summed E-state index contributed by atoms with van der Waals surface area (Å²) < 4.78 is 0. The molecular weight excluding hydrogens is 282 g/mol. The van der Waals surface area contributed by atoms with Crippen LogP contribution in [0.3, 0.4) is 0 Å².